The molecule has 10 heteroatoms. The Bertz CT molecular complexity index is 1160. The number of aliphatic carboxylic acids is 1. The Morgan fingerprint density at radius 1 is 1.12 bits per heavy atom. The first-order valence-corrected chi connectivity index (χ1v) is 13.1. The summed E-state index contributed by atoms with van der Waals surface area (Å²) in [6, 6.07) is 14.6. The van der Waals surface area contributed by atoms with Gasteiger partial charge in [-0.15, -0.1) is 0 Å². The molecule has 32 heavy (non-hydrogen) atoms. The number of carbonyl (C=O) groups is 1. The summed E-state index contributed by atoms with van der Waals surface area (Å²) in [5.74, 6) is -1.79. The number of rotatable bonds is 10. The summed E-state index contributed by atoms with van der Waals surface area (Å²) in [7, 11) is -7.51. The van der Waals surface area contributed by atoms with Gasteiger partial charge in [0.05, 0.1) is 10.8 Å². The van der Waals surface area contributed by atoms with Crippen molar-refractivity contribution in [1.29, 1.82) is 0 Å². The predicted molar refractivity (Wildman–Crippen MR) is 121 cm³/mol. The lowest BCUT2D eigenvalue weighted by Gasteiger charge is -2.24. The first-order chi connectivity index (χ1) is 15.1. The van der Waals surface area contributed by atoms with E-state index in [4.69, 9.17) is 0 Å². The highest BCUT2D eigenvalue weighted by atomic mass is 32.2. The summed E-state index contributed by atoms with van der Waals surface area (Å²) in [4.78, 5) is 11.9. The maximum absolute atomic E-state index is 13.2. The molecule has 0 bridgehead atoms. The molecule has 0 aromatic heterocycles. The Hall–Kier alpha value is -2.53. The zero-order chi connectivity index (χ0) is 23.4. The number of hydrogen-bond acceptors (Lipinski definition) is 5. The molecular formula is C22H26N2O6S2. The van der Waals surface area contributed by atoms with Gasteiger partial charge in [-0.2, -0.15) is 4.31 Å². The largest absolute Gasteiger partial charge is 0.481 e. The molecule has 0 spiro atoms. The lowest BCUT2D eigenvalue weighted by molar-refractivity contribution is -0.138. The van der Waals surface area contributed by atoms with Crippen molar-refractivity contribution in [2.45, 2.75) is 36.1 Å². The molecular weight excluding hydrogens is 452 g/mol. The minimum Gasteiger partial charge on any atom is -0.481 e. The van der Waals surface area contributed by atoms with Gasteiger partial charge in [0.1, 0.15) is 0 Å². The lowest BCUT2D eigenvalue weighted by atomic mass is 9.92. The molecule has 0 amide bonds. The summed E-state index contributed by atoms with van der Waals surface area (Å²) in [6.45, 7) is 3.48. The maximum atomic E-state index is 13.2. The molecule has 2 aromatic rings. The van der Waals surface area contributed by atoms with E-state index in [1.54, 1.807) is 0 Å². The van der Waals surface area contributed by atoms with Crippen LogP contribution in [0.25, 0.3) is 0 Å². The molecule has 3 rings (SSSR count). The topological polar surface area (TPSA) is 121 Å². The van der Waals surface area contributed by atoms with Crippen molar-refractivity contribution >= 4 is 26.0 Å². The molecule has 1 aliphatic rings. The van der Waals surface area contributed by atoms with Crippen LogP contribution < -0.4 is 4.72 Å². The lowest BCUT2D eigenvalue weighted by Crippen LogP contribution is -2.42. The SMILES string of the molecule is C=CS(=O)(=O)NC[C@H]1CCCN1S(=O)(=O)c1ccc(C(Cc2ccccc2)C(=O)O)cc1. The Labute approximate surface area is 188 Å². The molecule has 0 saturated carbocycles. The Kier molecular flexibility index (Phi) is 7.50. The van der Waals surface area contributed by atoms with Crippen molar-refractivity contribution in [1.82, 2.24) is 9.03 Å². The molecule has 1 heterocycles. The average Bonchev–Trinajstić information content (AvgIpc) is 3.26. The van der Waals surface area contributed by atoms with Crippen LogP contribution in [0.5, 0.6) is 0 Å². The van der Waals surface area contributed by atoms with Crippen LogP contribution in [0, 0.1) is 0 Å². The van der Waals surface area contributed by atoms with Crippen molar-refractivity contribution in [2.24, 2.45) is 0 Å². The zero-order valence-electron chi connectivity index (χ0n) is 17.4. The highest BCUT2D eigenvalue weighted by Gasteiger charge is 2.35. The third kappa shape index (κ3) is 5.63. The first-order valence-electron chi connectivity index (χ1n) is 10.1. The van der Waals surface area contributed by atoms with Gasteiger partial charge in [-0.3, -0.25) is 4.79 Å². The molecule has 0 aliphatic carbocycles. The molecule has 2 atom stereocenters. The third-order valence-electron chi connectivity index (χ3n) is 5.53. The highest BCUT2D eigenvalue weighted by Crippen LogP contribution is 2.28. The smallest absolute Gasteiger partial charge is 0.311 e. The minimum atomic E-state index is -3.86. The molecule has 1 aliphatic heterocycles. The molecule has 0 radical (unpaired) electrons. The summed E-state index contributed by atoms with van der Waals surface area (Å²) >= 11 is 0. The number of sulfonamides is 2. The second kappa shape index (κ2) is 9.95. The van der Waals surface area contributed by atoms with Gasteiger partial charge in [0.25, 0.3) is 0 Å². The predicted octanol–water partition coefficient (Wildman–Crippen LogP) is 2.31. The van der Waals surface area contributed by atoms with Gasteiger partial charge in [-0.05, 0) is 42.5 Å². The Morgan fingerprint density at radius 2 is 1.78 bits per heavy atom. The van der Waals surface area contributed by atoms with Gasteiger partial charge >= 0.3 is 5.97 Å². The van der Waals surface area contributed by atoms with E-state index in [0.717, 1.165) is 11.0 Å². The van der Waals surface area contributed by atoms with E-state index < -0.39 is 38.0 Å². The quantitative estimate of drug-likeness (QED) is 0.541. The second-order valence-electron chi connectivity index (χ2n) is 7.62. The fourth-order valence-corrected chi connectivity index (χ4v) is 6.04. The van der Waals surface area contributed by atoms with Crippen molar-refractivity contribution in [3.05, 3.63) is 77.7 Å². The molecule has 1 fully saturated rings. The minimum absolute atomic E-state index is 0.0379. The first kappa shape index (κ1) is 24.1. The van der Waals surface area contributed by atoms with Crippen LogP contribution in [0.15, 0.2) is 71.5 Å². The molecule has 172 valence electrons. The van der Waals surface area contributed by atoms with E-state index in [1.165, 1.54) is 28.6 Å². The van der Waals surface area contributed by atoms with Crippen molar-refractivity contribution in [2.75, 3.05) is 13.1 Å². The van der Waals surface area contributed by atoms with Crippen molar-refractivity contribution in [3.63, 3.8) is 0 Å². The van der Waals surface area contributed by atoms with Crippen molar-refractivity contribution in [3.8, 4) is 0 Å². The third-order valence-corrected chi connectivity index (χ3v) is 8.51. The Balaban J connectivity index is 1.78. The number of nitrogens with one attached hydrogen (secondary N) is 1. The van der Waals surface area contributed by atoms with E-state index in [1.807, 2.05) is 30.3 Å². The maximum Gasteiger partial charge on any atom is 0.311 e. The number of benzene rings is 2. The van der Waals surface area contributed by atoms with Gasteiger partial charge in [0.2, 0.25) is 20.0 Å². The number of nitrogens with zero attached hydrogens (tertiary/aromatic N) is 1. The van der Waals surface area contributed by atoms with Crippen LogP contribution in [-0.2, 0) is 31.3 Å². The van der Waals surface area contributed by atoms with Gasteiger partial charge in [-0.1, -0.05) is 49.0 Å². The average molecular weight is 479 g/mol. The fraction of sp³-hybridized carbons (Fsp3) is 0.318. The van der Waals surface area contributed by atoms with E-state index >= 15 is 0 Å². The molecule has 2 aromatic carbocycles. The van der Waals surface area contributed by atoms with Crippen LogP contribution in [0.2, 0.25) is 0 Å². The highest BCUT2D eigenvalue weighted by molar-refractivity contribution is 7.92. The van der Waals surface area contributed by atoms with Gasteiger partial charge < -0.3 is 5.11 Å². The second-order valence-corrected chi connectivity index (χ2v) is 11.2. The number of hydrogen-bond donors (Lipinski definition) is 2. The zero-order valence-corrected chi connectivity index (χ0v) is 19.1. The van der Waals surface area contributed by atoms with Crippen LogP contribution in [0.1, 0.15) is 29.9 Å². The summed E-state index contributed by atoms with van der Waals surface area (Å²) in [5, 5.41) is 10.5. The molecule has 2 N–H and O–H groups in total. The van der Waals surface area contributed by atoms with Gasteiger partial charge in [0.15, 0.2) is 0 Å². The number of carboxylic acid groups (broad SMARTS) is 1. The summed E-state index contributed by atoms with van der Waals surface area (Å²) < 4.78 is 53.2. The molecule has 1 saturated heterocycles. The Morgan fingerprint density at radius 3 is 2.38 bits per heavy atom. The van der Waals surface area contributed by atoms with Crippen LogP contribution in [-0.4, -0.2) is 51.3 Å². The van der Waals surface area contributed by atoms with Crippen LogP contribution in [0.4, 0.5) is 0 Å². The van der Waals surface area contributed by atoms with Gasteiger partial charge in [0, 0.05) is 24.5 Å². The monoisotopic (exact) mass is 478 g/mol. The van der Waals surface area contributed by atoms with Crippen molar-refractivity contribution < 1.29 is 26.7 Å². The van der Waals surface area contributed by atoms with E-state index in [9.17, 15) is 26.7 Å². The van der Waals surface area contributed by atoms with Crippen LogP contribution in [0.3, 0.4) is 0 Å². The van der Waals surface area contributed by atoms with Crippen LogP contribution >= 0.6 is 0 Å². The van der Waals surface area contributed by atoms with E-state index in [2.05, 4.69) is 11.3 Å². The summed E-state index contributed by atoms with van der Waals surface area (Å²) in [5.41, 5.74) is 1.38. The standard InChI is InChI=1S/C22H26N2O6S2/c1-2-31(27,28)23-16-19-9-6-14-24(19)32(29,30)20-12-10-18(11-13-20)21(22(25)26)15-17-7-4-3-5-8-17/h2-5,7-8,10-13,19,21,23H,1,6,9,14-16H2,(H,25,26)/t19-,21?/m1/s1. The summed E-state index contributed by atoms with van der Waals surface area (Å²) in [6.07, 6.45) is 1.45. The number of carboxylic acids is 1. The normalized spacial score (nSPS) is 18.3. The fourth-order valence-electron chi connectivity index (χ4n) is 3.81. The molecule has 1 unspecified atom stereocenters. The molecule has 8 nitrogen and oxygen atoms in total. The van der Waals surface area contributed by atoms with E-state index in [-0.39, 0.29) is 18.0 Å². The van der Waals surface area contributed by atoms with E-state index in [0.29, 0.717) is 24.8 Å². The van der Waals surface area contributed by atoms with Gasteiger partial charge in [-0.25, -0.2) is 21.6 Å².